The molecule has 0 aliphatic carbocycles. The average Bonchev–Trinajstić information content (AvgIpc) is 2.52. The van der Waals surface area contributed by atoms with E-state index in [9.17, 15) is 19.2 Å². The summed E-state index contributed by atoms with van der Waals surface area (Å²) in [4.78, 5) is 42.3. The van der Waals surface area contributed by atoms with E-state index in [1.54, 1.807) is 0 Å². The molecular weight excluding hydrogens is 296 g/mol. The van der Waals surface area contributed by atoms with Crippen LogP contribution in [-0.2, 0) is 28.7 Å². The number of aliphatic hydroxyl groups is 2. The minimum absolute atomic E-state index is 0.0616. The van der Waals surface area contributed by atoms with Gasteiger partial charge in [0, 0.05) is 17.6 Å². The van der Waals surface area contributed by atoms with Crippen LogP contribution in [0.15, 0.2) is 24.3 Å². The molecule has 8 nitrogen and oxygen atoms in total. The van der Waals surface area contributed by atoms with Gasteiger partial charge >= 0.3 is 11.9 Å². The lowest BCUT2D eigenvalue weighted by Crippen LogP contribution is -2.11. The maximum atomic E-state index is 10.6. The van der Waals surface area contributed by atoms with Crippen LogP contribution < -0.4 is 0 Å². The molecule has 2 N–H and O–H groups in total. The van der Waals surface area contributed by atoms with Crippen LogP contribution in [0.5, 0.6) is 0 Å². The fourth-order valence-electron chi connectivity index (χ4n) is 0.967. The third-order valence-electron chi connectivity index (χ3n) is 2.18. The van der Waals surface area contributed by atoms with E-state index < -0.39 is 36.7 Å². The Morgan fingerprint density at radius 3 is 1.77 bits per heavy atom. The second kappa shape index (κ2) is 12.4. The maximum Gasteiger partial charge on any atom is 0.333 e. The molecule has 22 heavy (non-hydrogen) atoms. The molecule has 0 rings (SSSR count). The number of hydrogen-bond donors (Lipinski definition) is 2. The normalized spacial score (nSPS) is 8.91. The van der Waals surface area contributed by atoms with Crippen molar-refractivity contribution in [2.75, 3.05) is 27.4 Å². The zero-order valence-electron chi connectivity index (χ0n) is 12.6. The third kappa shape index (κ3) is 10.5. The fourth-order valence-corrected chi connectivity index (χ4v) is 0.967. The molecule has 0 radical (unpaired) electrons. The number of carbonyl (C=O) groups is 4. The smallest absolute Gasteiger partial charge is 0.333 e. The van der Waals surface area contributed by atoms with Gasteiger partial charge in [-0.1, -0.05) is 13.2 Å². The van der Waals surface area contributed by atoms with Gasteiger partial charge in [0.15, 0.2) is 11.6 Å². The highest BCUT2D eigenvalue weighted by Crippen LogP contribution is 2.00. The monoisotopic (exact) mass is 316 g/mol. The van der Waals surface area contributed by atoms with Gasteiger partial charge in [0.1, 0.15) is 13.2 Å². The molecule has 0 amide bonds. The summed E-state index contributed by atoms with van der Waals surface area (Å²) in [7, 11) is 2.43. The lowest BCUT2D eigenvalue weighted by Gasteiger charge is -1.99. The van der Waals surface area contributed by atoms with Gasteiger partial charge in [0.05, 0.1) is 20.6 Å². The van der Waals surface area contributed by atoms with Crippen LogP contribution in [0.3, 0.4) is 0 Å². The van der Waals surface area contributed by atoms with Gasteiger partial charge in [-0.05, 0) is 0 Å². The van der Waals surface area contributed by atoms with E-state index in [1.165, 1.54) is 14.2 Å². The molecule has 0 aromatic heterocycles. The predicted molar refractivity (Wildman–Crippen MR) is 75.7 cm³/mol. The topological polar surface area (TPSA) is 127 Å². The quantitative estimate of drug-likeness (QED) is 0.446. The van der Waals surface area contributed by atoms with E-state index >= 15 is 0 Å². The highest BCUT2D eigenvalue weighted by Gasteiger charge is 2.10. The first-order chi connectivity index (χ1) is 10.2. The van der Waals surface area contributed by atoms with Crippen molar-refractivity contribution in [3.05, 3.63) is 24.3 Å². The Balaban J connectivity index is 0. The first-order valence-electron chi connectivity index (χ1n) is 6.00. The Labute approximate surface area is 128 Å². The summed E-state index contributed by atoms with van der Waals surface area (Å²) >= 11 is 0. The Bertz CT molecular complexity index is 408. The maximum absolute atomic E-state index is 10.6. The van der Waals surface area contributed by atoms with Crippen molar-refractivity contribution >= 4 is 23.5 Å². The van der Waals surface area contributed by atoms with Gasteiger partial charge in [0.2, 0.25) is 0 Å². The number of hydrogen-bond acceptors (Lipinski definition) is 8. The second-order valence-corrected chi connectivity index (χ2v) is 3.91. The number of rotatable bonds is 8. The largest absolute Gasteiger partial charge is 0.469 e. The highest BCUT2D eigenvalue weighted by atomic mass is 16.5. The van der Waals surface area contributed by atoms with Crippen molar-refractivity contribution in [1.82, 2.24) is 0 Å². The van der Waals surface area contributed by atoms with Gasteiger partial charge in [-0.15, -0.1) is 0 Å². The number of ether oxygens (including phenoxy) is 2. The van der Waals surface area contributed by atoms with Crippen LogP contribution in [0.1, 0.15) is 12.8 Å². The number of aliphatic hydroxyl groups excluding tert-OH is 2. The van der Waals surface area contributed by atoms with Gasteiger partial charge in [-0.2, -0.15) is 0 Å². The number of Topliss-reactive ketones (excluding diaryl/α,β-unsaturated/α-hetero) is 2. The molecule has 0 aliphatic rings. The number of esters is 2. The Morgan fingerprint density at radius 1 is 0.864 bits per heavy atom. The molecule has 0 aromatic carbocycles. The van der Waals surface area contributed by atoms with Crippen molar-refractivity contribution in [3.8, 4) is 0 Å². The third-order valence-corrected chi connectivity index (χ3v) is 2.18. The van der Waals surface area contributed by atoms with Gasteiger partial charge in [-0.25, -0.2) is 4.79 Å². The molecule has 0 spiro atoms. The van der Waals surface area contributed by atoms with Gasteiger partial charge in [-0.3, -0.25) is 14.4 Å². The zero-order valence-corrected chi connectivity index (χ0v) is 12.6. The molecule has 0 saturated carbocycles. The minimum atomic E-state index is -0.619. The van der Waals surface area contributed by atoms with E-state index in [4.69, 9.17) is 10.2 Å². The molecule has 0 bridgehead atoms. The molecule has 0 aromatic rings. The summed E-state index contributed by atoms with van der Waals surface area (Å²) < 4.78 is 8.57. The molecule has 0 unspecified atom stereocenters. The standard InChI is InChI=1S/2C7H10O4/c1-5(6(9)4-8)3-7(10)11-2;1-5(7(10)11-2)3-6(9)4-8/h2*8H,1,3-4H2,2H3. The summed E-state index contributed by atoms with van der Waals surface area (Å²) in [5.74, 6) is -2.13. The van der Waals surface area contributed by atoms with Crippen molar-refractivity contribution in [2.45, 2.75) is 12.8 Å². The molecular formula is C14H20O8. The van der Waals surface area contributed by atoms with E-state index in [1.807, 2.05) is 0 Å². The minimum Gasteiger partial charge on any atom is -0.469 e. The lowest BCUT2D eigenvalue weighted by atomic mass is 10.1. The average molecular weight is 316 g/mol. The van der Waals surface area contributed by atoms with Crippen molar-refractivity contribution in [1.29, 1.82) is 0 Å². The molecule has 0 heterocycles. The van der Waals surface area contributed by atoms with Gasteiger partial charge < -0.3 is 19.7 Å². The molecule has 124 valence electrons. The molecule has 8 heteroatoms. The van der Waals surface area contributed by atoms with Crippen LogP contribution in [0.2, 0.25) is 0 Å². The molecule has 0 saturated heterocycles. The van der Waals surface area contributed by atoms with Crippen LogP contribution in [0.25, 0.3) is 0 Å². The lowest BCUT2D eigenvalue weighted by molar-refractivity contribution is -0.140. The SMILES string of the molecule is C=C(CC(=O)CO)C(=O)OC.C=C(CC(=O)OC)C(=O)CO. The molecule has 0 aliphatic heterocycles. The Morgan fingerprint density at radius 2 is 1.41 bits per heavy atom. The van der Waals surface area contributed by atoms with Crippen molar-refractivity contribution < 1.29 is 38.9 Å². The van der Waals surface area contributed by atoms with Gasteiger partial charge in [0.25, 0.3) is 0 Å². The van der Waals surface area contributed by atoms with Crippen LogP contribution >= 0.6 is 0 Å². The second-order valence-electron chi connectivity index (χ2n) is 3.91. The van der Waals surface area contributed by atoms with Crippen LogP contribution in [0, 0.1) is 0 Å². The van der Waals surface area contributed by atoms with E-state index in [-0.39, 0.29) is 24.0 Å². The van der Waals surface area contributed by atoms with Crippen molar-refractivity contribution in [2.24, 2.45) is 0 Å². The summed E-state index contributed by atoms with van der Waals surface area (Å²) in [6.07, 6.45) is -0.306. The molecule has 0 atom stereocenters. The summed E-state index contributed by atoms with van der Waals surface area (Å²) in [6, 6.07) is 0. The Hall–Kier alpha value is -2.32. The van der Waals surface area contributed by atoms with E-state index in [2.05, 4.69) is 22.6 Å². The summed E-state index contributed by atoms with van der Waals surface area (Å²) in [5.41, 5.74) is 0.130. The van der Waals surface area contributed by atoms with Crippen LogP contribution in [0.4, 0.5) is 0 Å². The van der Waals surface area contributed by atoms with E-state index in [0.29, 0.717) is 0 Å². The predicted octanol–water partition coefficient (Wildman–Crippen LogP) is -0.666. The number of carbonyl (C=O) groups excluding carboxylic acids is 4. The number of ketones is 2. The first kappa shape index (κ1) is 22.0. The summed E-state index contributed by atoms with van der Waals surface area (Å²) in [5, 5.41) is 16.6. The fraction of sp³-hybridized carbons (Fsp3) is 0.429. The first-order valence-corrected chi connectivity index (χ1v) is 6.00. The van der Waals surface area contributed by atoms with Crippen molar-refractivity contribution in [3.63, 3.8) is 0 Å². The zero-order chi connectivity index (χ0) is 17.7. The van der Waals surface area contributed by atoms with Crippen LogP contribution in [-0.4, -0.2) is 61.2 Å². The highest BCUT2D eigenvalue weighted by molar-refractivity contribution is 5.99. The molecule has 0 fully saturated rings. The summed E-state index contributed by atoms with van der Waals surface area (Å²) in [6.45, 7) is 5.42. The Kier molecular flexibility index (Phi) is 12.4. The number of methoxy groups -OCH3 is 2. The van der Waals surface area contributed by atoms with E-state index in [0.717, 1.165) is 0 Å².